The Labute approximate surface area is 358 Å². The smallest absolute Gasteiger partial charge is 0.311 e. The largest absolute Gasteiger partial charge is 0.459 e. The van der Waals surface area contributed by atoms with Crippen LogP contribution in [0.3, 0.4) is 0 Å². The fourth-order valence-electron chi connectivity index (χ4n) is 9.99. The number of Topliss-reactive ketones (excluding diaryl/α,β-unsaturated/α-hetero) is 1. The van der Waals surface area contributed by atoms with Crippen LogP contribution in [0.25, 0.3) is 0 Å². The van der Waals surface area contributed by atoms with Gasteiger partial charge in [0.05, 0.1) is 53.7 Å². The zero-order valence-corrected chi connectivity index (χ0v) is 38.9. The molecule has 0 spiro atoms. The molecule has 18 atom stereocenters. The molecule has 3 aliphatic rings. The zero-order valence-electron chi connectivity index (χ0n) is 38.9. The Morgan fingerprint density at radius 3 is 2.12 bits per heavy atom. The molecule has 1 aromatic rings. The fraction of sp³-hybridized carbons (Fsp3) is 0.844. The normalized spacial score (nSPS) is 44.1. The Bertz CT molecular complexity index is 1540. The quantitative estimate of drug-likeness (QED) is 0.272. The number of methoxy groups -OCH3 is 2. The van der Waals surface area contributed by atoms with Gasteiger partial charge in [0.2, 0.25) is 0 Å². The first-order valence-corrected chi connectivity index (χ1v) is 21.8. The Morgan fingerprint density at radius 2 is 1.55 bits per heavy atom. The number of hydrogen-bond donors (Lipinski definition) is 3. The summed E-state index contributed by atoms with van der Waals surface area (Å²) in [6.45, 7) is 18.2. The number of aliphatic hydroxyl groups excluding tert-OH is 2. The first kappa shape index (κ1) is 50.5. The van der Waals surface area contributed by atoms with Gasteiger partial charge in [0.15, 0.2) is 12.6 Å². The second kappa shape index (κ2) is 20.6. The molecule has 0 amide bonds. The summed E-state index contributed by atoms with van der Waals surface area (Å²) in [5.41, 5.74) is -3.12. The molecule has 0 unspecified atom stereocenters. The molecule has 0 radical (unpaired) electrons. The van der Waals surface area contributed by atoms with E-state index in [0.717, 1.165) is 12.0 Å². The maximum Gasteiger partial charge on any atom is 0.311 e. The molecule has 0 aliphatic carbocycles. The standard InChI is InChI=1S/C45H77N3O12/c1-16-33-45(10,53)38(50)27(4)36(49)25(2)21-44(9,55-15)40(28(5)37(29(6)41(52)58-33)59-34-22-43(8,54-14)39(51)30(7)57-34)60-42-35(47(11)12)32(20-26(3)56-42)48(13)24-31-18-17-19-46-23-31/h17-19,23,25-30,32-35,37-40,42,50-51,53H,16,20-22,24H2,1-15H3/t25-,26-,27+,28+,29-,30+,32-,33-,34+,35+,37+,38-,39+,40-,42+,43-,44+,45-/m1/s1. The predicted octanol–water partition coefficient (Wildman–Crippen LogP) is 3.97. The van der Waals surface area contributed by atoms with E-state index in [1.807, 2.05) is 47.1 Å². The van der Waals surface area contributed by atoms with Crippen molar-refractivity contribution in [1.82, 2.24) is 14.8 Å². The van der Waals surface area contributed by atoms with Crippen molar-refractivity contribution >= 4 is 11.8 Å². The second-order valence-corrected chi connectivity index (χ2v) is 18.9. The average molecular weight is 852 g/mol. The molecule has 4 rings (SSSR count). The van der Waals surface area contributed by atoms with Crippen molar-refractivity contribution in [2.45, 2.75) is 186 Å². The zero-order chi connectivity index (χ0) is 45.1. The number of pyridine rings is 1. The number of carbonyl (C=O) groups is 2. The van der Waals surface area contributed by atoms with Crippen molar-refractivity contribution in [3.05, 3.63) is 30.1 Å². The lowest BCUT2D eigenvalue weighted by Gasteiger charge is -2.51. The van der Waals surface area contributed by atoms with Crippen molar-refractivity contribution in [1.29, 1.82) is 0 Å². The van der Waals surface area contributed by atoms with Gasteiger partial charge >= 0.3 is 5.97 Å². The molecule has 3 fully saturated rings. The van der Waals surface area contributed by atoms with Crippen LogP contribution in [0, 0.1) is 23.7 Å². The highest BCUT2D eigenvalue weighted by molar-refractivity contribution is 5.83. The molecule has 0 saturated carbocycles. The summed E-state index contributed by atoms with van der Waals surface area (Å²) < 4.78 is 45.5. The number of esters is 1. The Morgan fingerprint density at radius 1 is 0.900 bits per heavy atom. The summed E-state index contributed by atoms with van der Waals surface area (Å²) in [5.74, 6) is -4.30. The molecule has 3 N–H and O–H groups in total. The molecule has 1 aromatic heterocycles. The van der Waals surface area contributed by atoms with E-state index in [4.69, 9.17) is 33.2 Å². The molecule has 60 heavy (non-hydrogen) atoms. The molecule has 0 bridgehead atoms. The highest BCUT2D eigenvalue weighted by Gasteiger charge is 2.54. The van der Waals surface area contributed by atoms with Gasteiger partial charge in [0.1, 0.15) is 23.6 Å². The summed E-state index contributed by atoms with van der Waals surface area (Å²) >= 11 is 0. The minimum absolute atomic E-state index is 0.0191. The molecule has 344 valence electrons. The third kappa shape index (κ3) is 11.0. The van der Waals surface area contributed by atoms with Crippen LogP contribution in [0.4, 0.5) is 0 Å². The summed E-state index contributed by atoms with van der Waals surface area (Å²) in [5, 5.41) is 34.4. The number of ether oxygens (including phenoxy) is 7. The number of carbonyl (C=O) groups excluding carboxylic acids is 2. The fourth-order valence-corrected chi connectivity index (χ4v) is 9.99. The van der Waals surface area contributed by atoms with Gasteiger partial charge in [0, 0.05) is 63.4 Å². The van der Waals surface area contributed by atoms with Crippen LogP contribution in [-0.4, -0.2) is 161 Å². The summed E-state index contributed by atoms with van der Waals surface area (Å²) in [6.07, 6.45) is -3.30. The topological polar surface area (TPSA) is 179 Å². The third-order valence-corrected chi connectivity index (χ3v) is 13.9. The number of nitrogens with zero attached hydrogens (tertiary/aromatic N) is 3. The third-order valence-electron chi connectivity index (χ3n) is 13.9. The molecule has 0 aromatic carbocycles. The number of rotatable bonds is 11. The Balaban J connectivity index is 1.88. The SMILES string of the molecule is CC[C@H]1OC(=O)[C@H](C)[C@@H](O[C@H]2C[C@@](C)(OC)[C@@H](O)[C@H](C)O2)[C@H](C)[C@@H](O[C@@H]2O[C@H](C)C[C@@H](N(C)Cc3cccnc3)[C@@H]2N(C)C)[C@@](C)(OC)C[C@@H](C)C(=O)[C@H](C)[C@@H](O)[C@]1(C)O. The summed E-state index contributed by atoms with van der Waals surface area (Å²) in [7, 11) is 9.18. The van der Waals surface area contributed by atoms with E-state index in [1.165, 1.54) is 14.0 Å². The number of hydrogen-bond acceptors (Lipinski definition) is 15. The van der Waals surface area contributed by atoms with E-state index in [9.17, 15) is 24.9 Å². The molecule has 15 heteroatoms. The lowest BCUT2D eigenvalue weighted by atomic mass is 9.73. The maximum absolute atomic E-state index is 14.4. The lowest BCUT2D eigenvalue weighted by molar-refractivity contribution is -0.314. The molecule has 4 heterocycles. The summed E-state index contributed by atoms with van der Waals surface area (Å²) in [6, 6.07) is 3.68. The minimum Gasteiger partial charge on any atom is -0.459 e. The van der Waals surface area contributed by atoms with Crippen molar-refractivity contribution in [2.75, 3.05) is 35.4 Å². The van der Waals surface area contributed by atoms with Crippen LogP contribution in [0.1, 0.15) is 100 Å². The van der Waals surface area contributed by atoms with Gasteiger partial charge in [-0.2, -0.15) is 0 Å². The van der Waals surface area contributed by atoms with Gasteiger partial charge < -0.3 is 53.4 Å². The predicted molar refractivity (Wildman–Crippen MR) is 225 cm³/mol. The maximum atomic E-state index is 14.4. The monoisotopic (exact) mass is 852 g/mol. The van der Waals surface area contributed by atoms with E-state index in [0.29, 0.717) is 6.54 Å². The minimum atomic E-state index is -1.96. The van der Waals surface area contributed by atoms with Gasteiger partial charge in [-0.3, -0.25) is 19.5 Å². The lowest BCUT2D eigenvalue weighted by Crippen LogP contribution is -2.64. The molecular weight excluding hydrogens is 775 g/mol. The number of aromatic nitrogens is 1. The highest BCUT2D eigenvalue weighted by Crippen LogP contribution is 2.42. The Kier molecular flexibility index (Phi) is 17.3. The van der Waals surface area contributed by atoms with Crippen molar-refractivity contribution < 1.29 is 58.1 Å². The number of ketones is 1. The van der Waals surface area contributed by atoms with Gasteiger partial charge in [-0.05, 0) is 93.6 Å². The average Bonchev–Trinajstić information content (AvgIpc) is 3.20. The number of aliphatic hydroxyl groups is 3. The van der Waals surface area contributed by atoms with Crippen LogP contribution >= 0.6 is 0 Å². The van der Waals surface area contributed by atoms with Gasteiger partial charge in [-0.15, -0.1) is 0 Å². The van der Waals surface area contributed by atoms with Gasteiger partial charge in [-0.1, -0.05) is 33.8 Å². The van der Waals surface area contributed by atoms with Crippen LogP contribution in [-0.2, 0) is 49.3 Å². The Hall–Kier alpha value is -2.15. The number of cyclic esters (lactones) is 1. The van der Waals surface area contributed by atoms with Gasteiger partial charge in [-0.25, -0.2) is 0 Å². The van der Waals surface area contributed by atoms with E-state index in [2.05, 4.69) is 27.9 Å². The van der Waals surface area contributed by atoms with Crippen LogP contribution in [0.5, 0.6) is 0 Å². The number of likely N-dealkylation sites (N-methyl/N-ethyl adjacent to an activating group) is 2. The van der Waals surface area contributed by atoms with Crippen molar-refractivity contribution in [3.63, 3.8) is 0 Å². The van der Waals surface area contributed by atoms with Crippen LogP contribution in [0.15, 0.2) is 24.5 Å². The van der Waals surface area contributed by atoms with Crippen molar-refractivity contribution in [3.8, 4) is 0 Å². The van der Waals surface area contributed by atoms with Gasteiger partial charge in [0.25, 0.3) is 0 Å². The highest BCUT2D eigenvalue weighted by atomic mass is 16.7. The second-order valence-electron chi connectivity index (χ2n) is 18.9. The first-order valence-electron chi connectivity index (χ1n) is 21.8. The van der Waals surface area contributed by atoms with E-state index in [-0.39, 0.29) is 43.2 Å². The van der Waals surface area contributed by atoms with E-state index < -0.39 is 95.6 Å². The first-order chi connectivity index (χ1) is 28.0. The molecule has 15 nitrogen and oxygen atoms in total. The van der Waals surface area contributed by atoms with E-state index in [1.54, 1.807) is 54.8 Å². The summed E-state index contributed by atoms with van der Waals surface area (Å²) in [4.78, 5) is 37.4. The molecular formula is C45H77N3O12. The van der Waals surface area contributed by atoms with Crippen molar-refractivity contribution in [2.24, 2.45) is 23.7 Å². The molecule has 3 saturated heterocycles. The van der Waals surface area contributed by atoms with Crippen LogP contribution in [0.2, 0.25) is 0 Å². The van der Waals surface area contributed by atoms with E-state index >= 15 is 0 Å². The van der Waals surface area contributed by atoms with Crippen LogP contribution < -0.4 is 0 Å². The molecule has 3 aliphatic heterocycles.